The maximum absolute atomic E-state index is 12.9. The number of piperidine rings is 1. The predicted molar refractivity (Wildman–Crippen MR) is 110 cm³/mol. The van der Waals surface area contributed by atoms with Crippen molar-refractivity contribution in [3.8, 4) is 0 Å². The van der Waals surface area contributed by atoms with Crippen LogP contribution in [0.4, 0.5) is 5.82 Å². The van der Waals surface area contributed by atoms with Gasteiger partial charge in [-0.15, -0.1) is 0 Å². The average molecular weight is 398 g/mol. The highest BCUT2D eigenvalue weighted by atomic mass is 16.4. The zero-order chi connectivity index (χ0) is 20.0. The molecule has 0 radical (unpaired) electrons. The molecular weight excluding hydrogens is 366 g/mol. The van der Waals surface area contributed by atoms with Crippen molar-refractivity contribution >= 4 is 17.7 Å². The van der Waals surface area contributed by atoms with Crippen LogP contribution in [0.15, 0.2) is 18.3 Å². The van der Waals surface area contributed by atoms with Gasteiger partial charge < -0.3 is 15.3 Å². The van der Waals surface area contributed by atoms with E-state index in [1.165, 1.54) is 32.1 Å². The summed E-state index contributed by atoms with van der Waals surface area (Å²) in [6.45, 7) is 1.61. The number of hydrogen-bond acceptors (Lipinski definition) is 4. The van der Waals surface area contributed by atoms with Gasteiger partial charge in [-0.3, -0.25) is 9.59 Å². The van der Waals surface area contributed by atoms with E-state index in [4.69, 9.17) is 5.11 Å². The van der Waals surface area contributed by atoms with E-state index in [0.29, 0.717) is 23.4 Å². The van der Waals surface area contributed by atoms with Crippen LogP contribution in [0.25, 0.3) is 0 Å². The zero-order valence-electron chi connectivity index (χ0n) is 16.9. The molecule has 4 aliphatic carbocycles. The fourth-order valence-electron chi connectivity index (χ4n) is 6.79. The Labute approximate surface area is 172 Å². The molecule has 1 aromatic heterocycles. The Morgan fingerprint density at radius 3 is 2.45 bits per heavy atom. The second-order valence-electron chi connectivity index (χ2n) is 9.89. The smallest absolute Gasteiger partial charge is 0.303 e. The maximum atomic E-state index is 12.9. The van der Waals surface area contributed by atoms with Crippen molar-refractivity contribution < 1.29 is 14.7 Å². The number of amides is 1. The minimum absolute atomic E-state index is 0.00363. The first kappa shape index (κ1) is 18.9. The second-order valence-corrected chi connectivity index (χ2v) is 9.89. The lowest BCUT2D eigenvalue weighted by atomic mass is 9.54. The van der Waals surface area contributed by atoms with E-state index in [1.807, 2.05) is 12.1 Å². The van der Waals surface area contributed by atoms with E-state index in [0.717, 1.165) is 43.6 Å². The van der Waals surface area contributed by atoms with Gasteiger partial charge >= 0.3 is 5.97 Å². The molecule has 6 rings (SSSR count). The SMILES string of the molecule is O=C(O)C[C@@H]1CCCN(c2ccc(C(=O)NC3C4CC5CC(C4)CC3C5)cn2)C1. The van der Waals surface area contributed by atoms with Crippen LogP contribution in [0.1, 0.15) is 61.7 Å². The molecule has 1 aliphatic heterocycles. The van der Waals surface area contributed by atoms with Crippen molar-refractivity contribution in [3.63, 3.8) is 0 Å². The lowest BCUT2D eigenvalue weighted by Crippen LogP contribution is -2.55. The zero-order valence-corrected chi connectivity index (χ0v) is 16.9. The van der Waals surface area contributed by atoms with Crippen LogP contribution in [0.3, 0.4) is 0 Å². The van der Waals surface area contributed by atoms with Gasteiger partial charge in [0.1, 0.15) is 5.82 Å². The number of nitrogens with zero attached hydrogens (tertiary/aromatic N) is 2. The molecule has 1 amide bonds. The third-order valence-corrected chi connectivity index (χ3v) is 7.84. The van der Waals surface area contributed by atoms with Crippen molar-refractivity contribution in [2.24, 2.45) is 29.6 Å². The Kier molecular flexibility index (Phi) is 4.96. The first-order valence-electron chi connectivity index (χ1n) is 11.3. The number of carbonyl (C=O) groups is 2. The minimum atomic E-state index is -0.735. The van der Waals surface area contributed by atoms with Crippen LogP contribution in [0.2, 0.25) is 0 Å². The first-order valence-corrected chi connectivity index (χ1v) is 11.3. The molecule has 0 aromatic carbocycles. The lowest BCUT2D eigenvalue weighted by molar-refractivity contribution is -0.138. The van der Waals surface area contributed by atoms with Gasteiger partial charge in [0.15, 0.2) is 0 Å². The fourth-order valence-corrected chi connectivity index (χ4v) is 6.79. The van der Waals surface area contributed by atoms with Crippen LogP contribution in [-0.4, -0.2) is 41.1 Å². The van der Waals surface area contributed by atoms with Gasteiger partial charge in [-0.2, -0.15) is 0 Å². The molecule has 6 heteroatoms. The van der Waals surface area contributed by atoms with Crippen LogP contribution in [0, 0.1) is 29.6 Å². The summed E-state index contributed by atoms with van der Waals surface area (Å²) in [5.74, 6) is 3.42. The average Bonchev–Trinajstić information content (AvgIpc) is 2.70. The first-order chi connectivity index (χ1) is 14.0. The number of pyridine rings is 1. The van der Waals surface area contributed by atoms with Gasteiger partial charge in [0, 0.05) is 31.7 Å². The summed E-state index contributed by atoms with van der Waals surface area (Å²) >= 11 is 0. The minimum Gasteiger partial charge on any atom is -0.481 e. The number of nitrogens with one attached hydrogen (secondary N) is 1. The van der Waals surface area contributed by atoms with E-state index in [9.17, 15) is 9.59 Å². The number of rotatable bonds is 5. The third kappa shape index (κ3) is 3.86. The summed E-state index contributed by atoms with van der Waals surface area (Å²) < 4.78 is 0. The molecule has 5 fully saturated rings. The van der Waals surface area contributed by atoms with Crippen LogP contribution < -0.4 is 10.2 Å². The molecule has 2 N–H and O–H groups in total. The quantitative estimate of drug-likeness (QED) is 0.796. The standard InChI is InChI=1S/C23H31N3O3/c27-21(28)11-14-2-1-5-26(13-14)20-4-3-17(12-24-20)23(29)25-22-18-7-15-6-16(9-18)10-19(22)8-15/h3-4,12,14-16,18-19,22H,1-2,5-11,13H2,(H,25,29)(H,27,28)/t14-,15?,16?,18?,19?,22?/m0/s1. The van der Waals surface area contributed by atoms with Gasteiger partial charge in [-0.1, -0.05) is 0 Å². The van der Waals surface area contributed by atoms with Crippen molar-refractivity contribution in [1.82, 2.24) is 10.3 Å². The van der Waals surface area contributed by atoms with E-state index >= 15 is 0 Å². The predicted octanol–water partition coefficient (Wildman–Crippen LogP) is 3.33. The van der Waals surface area contributed by atoms with Gasteiger partial charge in [0.25, 0.3) is 5.91 Å². The lowest BCUT2D eigenvalue weighted by Gasteiger charge is -2.54. The third-order valence-electron chi connectivity index (χ3n) is 7.84. The number of anilines is 1. The molecule has 1 aromatic rings. The Balaban J connectivity index is 1.21. The Hall–Kier alpha value is -2.11. The van der Waals surface area contributed by atoms with Crippen molar-refractivity contribution in [3.05, 3.63) is 23.9 Å². The van der Waals surface area contributed by atoms with Gasteiger partial charge in [-0.25, -0.2) is 4.98 Å². The molecule has 0 spiro atoms. The van der Waals surface area contributed by atoms with Gasteiger partial charge in [-0.05, 0) is 86.7 Å². The van der Waals surface area contributed by atoms with Crippen LogP contribution >= 0.6 is 0 Å². The summed E-state index contributed by atoms with van der Waals surface area (Å²) in [4.78, 5) is 30.6. The van der Waals surface area contributed by atoms with Crippen LogP contribution in [0.5, 0.6) is 0 Å². The van der Waals surface area contributed by atoms with E-state index in [1.54, 1.807) is 6.20 Å². The van der Waals surface area contributed by atoms with Crippen LogP contribution in [-0.2, 0) is 4.79 Å². The fraction of sp³-hybridized carbons (Fsp3) is 0.696. The van der Waals surface area contributed by atoms with Crippen molar-refractivity contribution in [2.75, 3.05) is 18.0 Å². The Bertz CT molecular complexity index is 750. The molecule has 4 saturated carbocycles. The van der Waals surface area contributed by atoms with E-state index in [-0.39, 0.29) is 18.2 Å². The summed E-state index contributed by atoms with van der Waals surface area (Å²) in [5.41, 5.74) is 0.627. The van der Waals surface area contributed by atoms with Crippen molar-refractivity contribution in [2.45, 2.75) is 57.4 Å². The summed E-state index contributed by atoms with van der Waals surface area (Å²) in [7, 11) is 0. The monoisotopic (exact) mass is 397 g/mol. The summed E-state index contributed by atoms with van der Waals surface area (Å²) in [6.07, 6.45) is 10.4. The maximum Gasteiger partial charge on any atom is 0.303 e. The van der Waals surface area contributed by atoms with E-state index < -0.39 is 5.97 Å². The Morgan fingerprint density at radius 2 is 1.83 bits per heavy atom. The second kappa shape index (κ2) is 7.62. The molecule has 156 valence electrons. The summed E-state index contributed by atoms with van der Waals surface area (Å²) in [5, 5.41) is 12.4. The topological polar surface area (TPSA) is 82.5 Å². The number of hydrogen-bond donors (Lipinski definition) is 2. The molecule has 6 nitrogen and oxygen atoms in total. The highest BCUT2D eigenvalue weighted by Crippen LogP contribution is 2.53. The molecular formula is C23H31N3O3. The molecule has 1 atom stereocenters. The number of aromatic nitrogens is 1. The normalized spacial score (nSPS) is 35.5. The molecule has 4 bridgehead atoms. The highest BCUT2D eigenvalue weighted by Gasteiger charge is 2.48. The Morgan fingerprint density at radius 1 is 1.10 bits per heavy atom. The molecule has 29 heavy (non-hydrogen) atoms. The number of carboxylic acids is 1. The number of aliphatic carboxylic acids is 1. The molecule has 2 heterocycles. The van der Waals surface area contributed by atoms with Gasteiger partial charge in [0.05, 0.1) is 5.56 Å². The summed E-state index contributed by atoms with van der Waals surface area (Å²) in [6, 6.07) is 4.12. The largest absolute Gasteiger partial charge is 0.481 e. The van der Waals surface area contributed by atoms with Gasteiger partial charge in [0.2, 0.25) is 0 Å². The molecule has 0 unspecified atom stereocenters. The number of carbonyl (C=O) groups excluding carboxylic acids is 1. The van der Waals surface area contributed by atoms with E-state index in [2.05, 4.69) is 15.2 Å². The highest BCUT2D eigenvalue weighted by molar-refractivity contribution is 5.94. The molecule has 1 saturated heterocycles. The number of carboxylic acid groups (broad SMARTS) is 1. The van der Waals surface area contributed by atoms with Crippen molar-refractivity contribution in [1.29, 1.82) is 0 Å². The molecule has 5 aliphatic rings.